The molecule has 0 bridgehead atoms. The SMILES string of the molecule is Oc1ccccc1C=Nc1ccccc1CCl. The lowest BCUT2D eigenvalue weighted by Crippen LogP contribution is -1.83. The third-order valence-corrected chi connectivity index (χ3v) is 2.70. The highest BCUT2D eigenvalue weighted by atomic mass is 35.5. The fourth-order valence-corrected chi connectivity index (χ4v) is 1.71. The van der Waals surface area contributed by atoms with E-state index in [1.165, 1.54) is 0 Å². The highest BCUT2D eigenvalue weighted by Crippen LogP contribution is 2.21. The molecule has 2 nitrogen and oxygen atoms in total. The van der Waals surface area contributed by atoms with E-state index in [0.717, 1.165) is 11.3 Å². The minimum absolute atomic E-state index is 0.222. The summed E-state index contributed by atoms with van der Waals surface area (Å²) < 4.78 is 0. The normalized spacial score (nSPS) is 10.9. The predicted octanol–water partition coefficient (Wildman–Crippen LogP) is 3.88. The number of alkyl halides is 1. The van der Waals surface area contributed by atoms with Crippen LogP contribution >= 0.6 is 11.6 Å². The van der Waals surface area contributed by atoms with Gasteiger partial charge in [0, 0.05) is 17.7 Å². The van der Waals surface area contributed by atoms with Gasteiger partial charge in [-0.2, -0.15) is 0 Å². The molecule has 0 radical (unpaired) electrons. The van der Waals surface area contributed by atoms with Crippen LogP contribution in [0.2, 0.25) is 0 Å². The van der Waals surface area contributed by atoms with E-state index in [4.69, 9.17) is 11.6 Å². The van der Waals surface area contributed by atoms with Crippen molar-refractivity contribution < 1.29 is 5.11 Å². The third kappa shape index (κ3) is 2.86. The van der Waals surface area contributed by atoms with E-state index < -0.39 is 0 Å². The van der Waals surface area contributed by atoms with Crippen molar-refractivity contribution in [2.24, 2.45) is 4.99 Å². The Morgan fingerprint density at radius 3 is 2.53 bits per heavy atom. The summed E-state index contributed by atoms with van der Waals surface area (Å²) in [6, 6.07) is 14.7. The largest absolute Gasteiger partial charge is 0.507 e. The van der Waals surface area contributed by atoms with Gasteiger partial charge in [-0.3, -0.25) is 4.99 Å². The summed E-state index contributed by atoms with van der Waals surface area (Å²) in [4.78, 5) is 4.34. The molecule has 3 heteroatoms. The van der Waals surface area contributed by atoms with Crippen LogP contribution in [0.1, 0.15) is 11.1 Å². The topological polar surface area (TPSA) is 32.6 Å². The van der Waals surface area contributed by atoms with Gasteiger partial charge in [0.1, 0.15) is 5.75 Å². The van der Waals surface area contributed by atoms with Crippen molar-refractivity contribution >= 4 is 23.5 Å². The number of halogens is 1. The average molecular weight is 246 g/mol. The van der Waals surface area contributed by atoms with Crippen LogP contribution in [0.5, 0.6) is 5.75 Å². The molecule has 0 spiro atoms. The molecule has 0 amide bonds. The first-order valence-electron chi connectivity index (χ1n) is 5.27. The van der Waals surface area contributed by atoms with E-state index in [0.29, 0.717) is 11.4 Å². The predicted molar refractivity (Wildman–Crippen MR) is 71.4 cm³/mol. The van der Waals surface area contributed by atoms with E-state index in [-0.39, 0.29) is 5.75 Å². The summed E-state index contributed by atoms with van der Waals surface area (Å²) in [5.74, 6) is 0.647. The highest BCUT2D eigenvalue weighted by Gasteiger charge is 1.99. The molecule has 0 aromatic heterocycles. The first-order chi connectivity index (χ1) is 8.31. The van der Waals surface area contributed by atoms with Crippen LogP contribution in [0.25, 0.3) is 0 Å². The molecule has 0 atom stereocenters. The van der Waals surface area contributed by atoms with Crippen LogP contribution in [-0.4, -0.2) is 11.3 Å². The second kappa shape index (κ2) is 5.51. The van der Waals surface area contributed by atoms with E-state index in [1.807, 2.05) is 36.4 Å². The molecule has 2 aromatic carbocycles. The van der Waals surface area contributed by atoms with Crippen molar-refractivity contribution in [3.63, 3.8) is 0 Å². The number of hydrogen-bond donors (Lipinski definition) is 1. The zero-order chi connectivity index (χ0) is 12.1. The minimum Gasteiger partial charge on any atom is -0.507 e. The molecule has 0 unspecified atom stereocenters. The third-order valence-electron chi connectivity index (χ3n) is 2.42. The molecule has 0 aliphatic rings. The van der Waals surface area contributed by atoms with Crippen LogP contribution < -0.4 is 0 Å². The Kier molecular flexibility index (Phi) is 3.78. The highest BCUT2D eigenvalue weighted by molar-refractivity contribution is 6.17. The number of aliphatic imine (C=N–C) groups is 1. The van der Waals surface area contributed by atoms with Crippen molar-refractivity contribution in [3.8, 4) is 5.75 Å². The number of phenolic OH excluding ortho intramolecular Hbond substituents is 1. The molecule has 0 heterocycles. The van der Waals surface area contributed by atoms with Crippen molar-refractivity contribution in [2.75, 3.05) is 0 Å². The Labute approximate surface area is 105 Å². The fourth-order valence-electron chi connectivity index (χ4n) is 1.49. The van der Waals surface area contributed by atoms with Gasteiger partial charge in [0.05, 0.1) is 5.69 Å². The summed E-state index contributed by atoms with van der Waals surface area (Å²) in [5.41, 5.74) is 2.49. The van der Waals surface area contributed by atoms with Gasteiger partial charge in [-0.25, -0.2) is 0 Å². The lowest BCUT2D eigenvalue weighted by atomic mass is 10.2. The van der Waals surface area contributed by atoms with E-state index in [2.05, 4.69) is 4.99 Å². The molecular formula is C14H12ClNO. The zero-order valence-corrected chi connectivity index (χ0v) is 9.93. The van der Waals surface area contributed by atoms with E-state index >= 15 is 0 Å². The quantitative estimate of drug-likeness (QED) is 0.646. The van der Waals surface area contributed by atoms with Crippen LogP contribution in [0.4, 0.5) is 5.69 Å². The maximum absolute atomic E-state index is 9.60. The van der Waals surface area contributed by atoms with Gasteiger partial charge in [0.25, 0.3) is 0 Å². The lowest BCUT2D eigenvalue weighted by Gasteiger charge is -2.01. The minimum atomic E-state index is 0.222. The Hall–Kier alpha value is -1.80. The number of phenols is 1. The molecule has 0 aliphatic heterocycles. The van der Waals surface area contributed by atoms with Crippen molar-refractivity contribution in [1.29, 1.82) is 0 Å². The van der Waals surface area contributed by atoms with Crippen LogP contribution in [0, 0.1) is 0 Å². The molecule has 0 saturated heterocycles. The molecule has 1 N–H and O–H groups in total. The van der Waals surface area contributed by atoms with Crippen LogP contribution in [0.3, 0.4) is 0 Å². The second-order valence-electron chi connectivity index (χ2n) is 3.58. The Morgan fingerprint density at radius 1 is 1.06 bits per heavy atom. The second-order valence-corrected chi connectivity index (χ2v) is 3.85. The lowest BCUT2D eigenvalue weighted by molar-refractivity contribution is 0.474. The van der Waals surface area contributed by atoms with E-state index in [9.17, 15) is 5.11 Å². The number of hydrogen-bond acceptors (Lipinski definition) is 2. The monoisotopic (exact) mass is 245 g/mol. The zero-order valence-electron chi connectivity index (χ0n) is 9.18. The molecule has 0 saturated carbocycles. The van der Waals surface area contributed by atoms with Crippen molar-refractivity contribution in [3.05, 3.63) is 59.7 Å². The average Bonchev–Trinajstić information content (AvgIpc) is 2.38. The van der Waals surface area contributed by atoms with Gasteiger partial charge in [-0.15, -0.1) is 11.6 Å². The van der Waals surface area contributed by atoms with Crippen molar-refractivity contribution in [2.45, 2.75) is 5.88 Å². The standard InChI is InChI=1S/C14H12ClNO/c15-9-11-5-1-3-7-13(11)16-10-12-6-2-4-8-14(12)17/h1-8,10,17H,9H2. The van der Waals surface area contributed by atoms with Gasteiger partial charge in [0.2, 0.25) is 0 Å². The molecule has 86 valence electrons. The van der Waals surface area contributed by atoms with Gasteiger partial charge >= 0.3 is 0 Å². The number of nitrogens with zero attached hydrogens (tertiary/aromatic N) is 1. The number of rotatable bonds is 3. The maximum atomic E-state index is 9.60. The summed E-state index contributed by atoms with van der Waals surface area (Å²) in [5, 5.41) is 9.60. The molecule has 17 heavy (non-hydrogen) atoms. The Morgan fingerprint density at radius 2 is 1.76 bits per heavy atom. The smallest absolute Gasteiger partial charge is 0.124 e. The van der Waals surface area contributed by atoms with Crippen LogP contribution in [0.15, 0.2) is 53.5 Å². The van der Waals surface area contributed by atoms with Gasteiger partial charge in [0.15, 0.2) is 0 Å². The summed E-state index contributed by atoms with van der Waals surface area (Å²) in [7, 11) is 0. The first-order valence-corrected chi connectivity index (χ1v) is 5.80. The Balaban J connectivity index is 2.29. The van der Waals surface area contributed by atoms with E-state index in [1.54, 1.807) is 18.3 Å². The summed E-state index contributed by atoms with van der Waals surface area (Å²) in [6.07, 6.45) is 1.64. The number of aromatic hydroxyl groups is 1. The molecular weight excluding hydrogens is 234 g/mol. The fraction of sp³-hybridized carbons (Fsp3) is 0.0714. The van der Waals surface area contributed by atoms with Gasteiger partial charge < -0.3 is 5.11 Å². The maximum Gasteiger partial charge on any atom is 0.124 e. The number of para-hydroxylation sites is 2. The molecule has 0 fully saturated rings. The summed E-state index contributed by atoms with van der Waals surface area (Å²) in [6.45, 7) is 0. The molecule has 2 aromatic rings. The number of benzene rings is 2. The molecule has 0 aliphatic carbocycles. The van der Waals surface area contributed by atoms with Gasteiger partial charge in [-0.05, 0) is 23.8 Å². The Bertz CT molecular complexity index is 537. The molecule has 2 rings (SSSR count). The van der Waals surface area contributed by atoms with Crippen LogP contribution in [-0.2, 0) is 5.88 Å². The van der Waals surface area contributed by atoms with Crippen molar-refractivity contribution in [1.82, 2.24) is 0 Å². The summed E-state index contributed by atoms with van der Waals surface area (Å²) >= 11 is 5.82. The van der Waals surface area contributed by atoms with Gasteiger partial charge in [-0.1, -0.05) is 30.3 Å². The first kappa shape index (κ1) is 11.7.